The third-order valence-corrected chi connectivity index (χ3v) is 5.58. The summed E-state index contributed by atoms with van der Waals surface area (Å²) in [5, 5.41) is 18.0. The Balaban J connectivity index is 1.49. The van der Waals surface area contributed by atoms with E-state index in [-0.39, 0.29) is 17.8 Å². The first-order valence-corrected chi connectivity index (χ1v) is 10.1. The fourth-order valence-electron chi connectivity index (χ4n) is 3.72. The van der Waals surface area contributed by atoms with Crippen LogP contribution in [0.3, 0.4) is 0 Å². The zero-order valence-corrected chi connectivity index (χ0v) is 17.1. The van der Waals surface area contributed by atoms with Crippen LogP contribution >= 0.6 is 0 Å². The largest absolute Gasteiger partial charge is 0.493 e. The summed E-state index contributed by atoms with van der Waals surface area (Å²) in [4.78, 5) is 20.9. The Kier molecular flexibility index (Phi) is 5.65. The lowest BCUT2D eigenvalue weighted by atomic mass is 9.87. The summed E-state index contributed by atoms with van der Waals surface area (Å²) >= 11 is 0. The van der Waals surface area contributed by atoms with Gasteiger partial charge in [-0.1, -0.05) is 6.92 Å². The second kappa shape index (κ2) is 8.52. The molecule has 1 saturated carbocycles. The molecule has 0 aromatic carbocycles. The van der Waals surface area contributed by atoms with Crippen molar-refractivity contribution in [3.05, 3.63) is 48.4 Å². The molecule has 4 rings (SSSR count). The molecule has 0 spiro atoms. The standard InChI is InChI=1S/C22H25N5O3/c1-14-3-6-17(7-4-14)26-21(28)16-5-8-19(24-12-16)27-22(29)18(13-25-27)15-9-10-23-20(11-15)30-2/h5,8-14,17,29H,3-4,6-7H2,1-2H3,(H,26,28). The zero-order valence-electron chi connectivity index (χ0n) is 17.1. The Hall–Kier alpha value is -3.42. The number of carbonyl (C=O) groups is 1. The van der Waals surface area contributed by atoms with Gasteiger partial charge < -0.3 is 15.2 Å². The highest BCUT2D eigenvalue weighted by atomic mass is 16.5. The summed E-state index contributed by atoms with van der Waals surface area (Å²) in [6.07, 6.45) is 8.98. The van der Waals surface area contributed by atoms with E-state index in [1.165, 1.54) is 18.0 Å². The van der Waals surface area contributed by atoms with Crippen LogP contribution in [0.15, 0.2) is 42.9 Å². The number of hydrogen-bond donors (Lipinski definition) is 2. The number of hydrogen-bond acceptors (Lipinski definition) is 6. The third kappa shape index (κ3) is 4.12. The molecule has 1 aliphatic rings. The topological polar surface area (TPSA) is 102 Å². The van der Waals surface area contributed by atoms with Gasteiger partial charge in [-0.2, -0.15) is 9.78 Å². The van der Waals surface area contributed by atoms with Crippen molar-refractivity contribution in [1.82, 2.24) is 25.1 Å². The van der Waals surface area contributed by atoms with Gasteiger partial charge in [-0.05, 0) is 55.4 Å². The number of rotatable bonds is 5. The molecule has 1 aliphatic carbocycles. The lowest BCUT2D eigenvalue weighted by Gasteiger charge is -2.26. The highest BCUT2D eigenvalue weighted by molar-refractivity contribution is 5.94. The second-order valence-corrected chi connectivity index (χ2v) is 7.72. The van der Waals surface area contributed by atoms with Crippen LogP contribution in [0.2, 0.25) is 0 Å². The van der Waals surface area contributed by atoms with E-state index in [9.17, 15) is 9.90 Å². The summed E-state index contributed by atoms with van der Waals surface area (Å²) in [5.74, 6) is 1.43. The van der Waals surface area contributed by atoms with E-state index in [0.29, 0.717) is 22.8 Å². The molecule has 156 valence electrons. The van der Waals surface area contributed by atoms with Crippen molar-refractivity contribution in [3.8, 4) is 28.7 Å². The third-order valence-electron chi connectivity index (χ3n) is 5.58. The Morgan fingerprint density at radius 3 is 2.67 bits per heavy atom. The van der Waals surface area contributed by atoms with Gasteiger partial charge in [-0.15, -0.1) is 0 Å². The summed E-state index contributed by atoms with van der Waals surface area (Å²) in [6.45, 7) is 2.25. The molecule has 0 unspecified atom stereocenters. The zero-order chi connectivity index (χ0) is 21.1. The number of aromatic hydroxyl groups is 1. The molecule has 3 aromatic heterocycles. The minimum absolute atomic E-state index is 0.0516. The van der Waals surface area contributed by atoms with E-state index < -0.39 is 0 Å². The predicted molar refractivity (Wildman–Crippen MR) is 112 cm³/mol. The molecule has 0 saturated heterocycles. The average Bonchev–Trinajstić information content (AvgIpc) is 3.16. The molecule has 0 radical (unpaired) electrons. The first kappa shape index (κ1) is 19.9. The van der Waals surface area contributed by atoms with Crippen LogP contribution in [0.4, 0.5) is 0 Å². The Morgan fingerprint density at radius 1 is 1.17 bits per heavy atom. The van der Waals surface area contributed by atoms with E-state index in [1.807, 2.05) is 0 Å². The van der Waals surface area contributed by atoms with Crippen molar-refractivity contribution < 1.29 is 14.6 Å². The molecular formula is C22H25N5O3. The fraction of sp³-hybridized carbons (Fsp3) is 0.364. The number of carbonyl (C=O) groups excluding carboxylic acids is 1. The minimum Gasteiger partial charge on any atom is -0.493 e. The Morgan fingerprint density at radius 2 is 1.97 bits per heavy atom. The van der Waals surface area contributed by atoms with Crippen molar-refractivity contribution in [2.75, 3.05) is 7.11 Å². The number of nitrogens with one attached hydrogen (secondary N) is 1. The van der Waals surface area contributed by atoms with Crippen LogP contribution in [0.25, 0.3) is 16.9 Å². The Labute approximate surface area is 174 Å². The SMILES string of the molecule is COc1cc(-c2cnn(-c3ccc(C(=O)NC4CCC(C)CC4)cn3)c2O)ccn1. The number of pyridine rings is 2. The molecule has 0 bridgehead atoms. The highest BCUT2D eigenvalue weighted by Gasteiger charge is 2.21. The molecular weight excluding hydrogens is 382 g/mol. The average molecular weight is 407 g/mol. The van der Waals surface area contributed by atoms with Crippen molar-refractivity contribution in [1.29, 1.82) is 0 Å². The summed E-state index contributed by atoms with van der Waals surface area (Å²) in [5.41, 5.74) is 1.75. The van der Waals surface area contributed by atoms with Crippen molar-refractivity contribution >= 4 is 5.91 Å². The first-order chi connectivity index (χ1) is 14.5. The smallest absolute Gasteiger partial charge is 0.253 e. The summed E-state index contributed by atoms with van der Waals surface area (Å²) < 4.78 is 6.46. The minimum atomic E-state index is -0.122. The molecule has 1 amide bonds. The fourth-order valence-corrected chi connectivity index (χ4v) is 3.72. The maximum absolute atomic E-state index is 12.5. The molecule has 3 heterocycles. The van der Waals surface area contributed by atoms with Crippen molar-refractivity contribution in [2.45, 2.75) is 38.6 Å². The quantitative estimate of drug-likeness (QED) is 0.672. The lowest BCUT2D eigenvalue weighted by molar-refractivity contribution is 0.0922. The van der Waals surface area contributed by atoms with Gasteiger partial charge in [-0.3, -0.25) is 4.79 Å². The number of methoxy groups -OCH3 is 1. The molecule has 8 heteroatoms. The summed E-state index contributed by atoms with van der Waals surface area (Å²) in [6, 6.07) is 7.06. The van der Waals surface area contributed by atoms with Gasteiger partial charge in [0.05, 0.1) is 24.4 Å². The highest BCUT2D eigenvalue weighted by Crippen LogP contribution is 2.31. The van der Waals surface area contributed by atoms with Gasteiger partial charge in [0.25, 0.3) is 5.91 Å². The van der Waals surface area contributed by atoms with E-state index in [4.69, 9.17) is 4.74 Å². The lowest BCUT2D eigenvalue weighted by Crippen LogP contribution is -2.37. The summed E-state index contributed by atoms with van der Waals surface area (Å²) in [7, 11) is 1.53. The first-order valence-electron chi connectivity index (χ1n) is 10.1. The second-order valence-electron chi connectivity index (χ2n) is 7.72. The predicted octanol–water partition coefficient (Wildman–Crippen LogP) is 3.35. The van der Waals surface area contributed by atoms with Crippen LogP contribution in [0.1, 0.15) is 43.0 Å². The number of nitrogens with zero attached hydrogens (tertiary/aromatic N) is 4. The van der Waals surface area contributed by atoms with Gasteiger partial charge in [-0.25, -0.2) is 9.97 Å². The Bertz CT molecular complexity index is 1020. The normalized spacial score (nSPS) is 18.7. The molecule has 3 aromatic rings. The van der Waals surface area contributed by atoms with Crippen molar-refractivity contribution in [3.63, 3.8) is 0 Å². The molecule has 0 atom stereocenters. The molecule has 1 fully saturated rings. The van der Waals surface area contributed by atoms with Gasteiger partial charge in [0, 0.05) is 24.5 Å². The van der Waals surface area contributed by atoms with Crippen molar-refractivity contribution in [2.24, 2.45) is 5.92 Å². The van der Waals surface area contributed by atoms with E-state index in [1.54, 1.807) is 36.7 Å². The van der Waals surface area contributed by atoms with Crippen LogP contribution in [0, 0.1) is 5.92 Å². The van der Waals surface area contributed by atoms with Crippen LogP contribution < -0.4 is 10.1 Å². The molecule has 8 nitrogen and oxygen atoms in total. The maximum atomic E-state index is 12.5. The molecule has 0 aliphatic heterocycles. The van der Waals surface area contributed by atoms with Crippen LogP contribution in [0.5, 0.6) is 11.8 Å². The van der Waals surface area contributed by atoms with Gasteiger partial charge >= 0.3 is 0 Å². The monoisotopic (exact) mass is 407 g/mol. The number of amides is 1. The van der Waals surface area contributed by atoms with Crippen LogP contribution in [-0.2, 0) is 0 Å². The van der Waals surface area contributed by atoms with Gasteiger partial charge in [0.2, 0.25) is 11.8 Å². The van der Waals surface area contributed by atoms with E-state index in [2.05, 4.69) is 27.3 Å². The van der Waals surface area contributed by atoms with Gasteiger partial charge in [0.1, 0.15) is 0 Å². The van der Waals surface area contributed by atoms with E-state index in [0.717, 1.165) is 37.2 Å². The number of ether oxygens (including phenoxy) is 1. The number of aromatic nitrogens is 4. The van der Waals surface area contributed by atoms with Gasteiger partial charge in [0.15, 0.2) is 5.82 Å². The van der Waals surface area contributed by atoms with E-state index >= 15 is 0 Å². The molecule has 30 heavy (non-hydrogen) atoms. The maximum Gasteiger partial charge on any atom is 0.253 e. The molecule has 2 N–H and O–H groups in total. The van der Waals surface area contributed by atoms with Crippen LogP contribution in [-0.4, -0.2) is 43.9 Å².